The lowest BCUT2D eigenvalue weighted by atomic mass is 9.95. The number of amides is 1. The molecule has 1 aliphatic rings. The molecule has 1 fully saturated rings. The summed E-state index contributed by atoms with van der Waals surface area (Å²) >= 11 is 0. The van der Waals surface area contributed by atoms with Gasteiger partial charge in [-0.25, -0.2) is 0 Å². The van der Waals surface area contributed by atoms with Crippen molar-refractivity contribution in [2.45, 2.75) is 58.5 Å². The minimum atomic E-state index is -0.00306. The Hall–Kier alpha value is -0.530. The van der Waals surface area contributed by atoms with E-state index in [1.165, 1.54) is 0 Å². The summed E-state index contributed by atoms with van der Waals surface area (Å²) in [6.45, 7) is 8.45. The fourth-order valence-electron chi connectivity index (χ4n) is 2.08. The predicted octanol–water partition coefficient (Wildman–Crippen LogP) is 2.19. The summed E-state index contributed by atoms with van der Waals surface area (Å²) in [5, 5.41) is 0. The summed E-state index contributed by atoms with van der Waals surface area (Å²) in [7, 11) is 0. The normalized spacial score (nSPS) is 26.2. The molecule has 0 aromatic rings. The van der Waals surface area contributed by atoms with Crippen LogP contribution in [0.15, 0.2) is 0 Å². The van der Waals surface area contributed by atoms with Crippen LogP contribution in [0.4, 0.5) is 0 Å². The number of rotatable bonds is 0. The fraction of sp³-hybridized carbons (Fsp3) is 0.900. The second kappa shape index (κ2) is 3.08. The van der Waals surface area contributed by atoms with E-state index in [9.17, 15) is 4.79 Å². The summed E-state index contributed by atoms with van der Waals surface area (Å²) in [6.07, 6.45) is 2.96. The summed E-state index contributed by atoms with van der Waals surface area (Å²) < 4.78 is 0. The van der Waals surface area contributed by atoms with Gasteiger partial charge in [0.1, 0.15) is 0 Å². The van der Waals surface area contributed by atoms with E-state index >= 15 is 0 Å². The summed E-state index contributed by atoms with van der Waals surface area (Å²) in [5.74, 6) is 0.321. The lowest BCUT2D eigenvalue weighted by Crippen LogP contribution is -2.52. The number of nitrogens with zero attached hydrogens (tertiary/aromatic N) is 1. The molecule has 1 saturated heterocycles. The van der Waals surface area contributed by atoms with Gasteiger partial charge in [-0.15, -0.1) is 0 Å². The highest BCUT2D eigenvalue weighted by Crippen LogP contribution is 2.25. The van der Waals surface area contributed by atoms with E-state index < -0.39 is 0 Å². The van der Waals surface area contributed by atoms with Gasteiger partial charge in [0.25, 0.3) is 0 Å². The molecule has 12 heavy (non-hydrogen) atoms. The van der Waals surface area contributed by atoms with Crippen LogP contribution in [-0.4, -0.2) is 22.4 Å². The molecule has 0 spiro atoms. The lowest BCUT2D eigenvalue weighted by Gasteiger charge is -2.43. The molecule has 0 aromatic heterocycles. The number of carbonyl (C=O) groups is 1. The maximum atomic E-state index is 11.6. The van der Waals surface area contributed by atoms with Crippen LogP contribution in [0.2, 0.25) is 0 Å². The average Bonchev–Trinajstić information content (AvgIpc) is 1.82. The number of carbonyl (C=O) groups excluding carboxylic acids is 1. The first-order valence-corrected chi connectivity index (χ1v) is 4.75. The van der Waals surface area contributed by atoms with Crippen LogP contribution in [0, 0.1) is 0 Å². The second-order valence-electron chi connectivity index (χ2n) is 4.68. The molecule has 0 saturated carbocycles. The van der Waals surface area contributed by atoms with Crippen LogP contribution >= 0.6 is 0 Å². The minimum absolute atomic E-state index is 0.00306. The van der Waals surface area contributed by atoms with Crippen molar-refractivity contribution >= 4 is 5.91 Å². The molecule has 0 aliphatic carbocycles. The van der Waals surface area contributed by atoms with Crippen LogP contribution in [-0.2, 0) is 4.79 Å². The molecule has 2 nitrogen and oxygen atoms in total. The first kappa shape index (κ1) is 9.56. The number of likely N-dealkylation sites (tertiary alicyclic amines) is 1. The zero-order chi connectivity index (χ0) is 9.35. The number of hydrogen-bond donors (Lipinski definition) is 0. The smallest absolute Gasteiger partial charge is 0.223 e. The van der Waals surface area contributed by atoms with Crippen LogP contribution in [0.5, 0.6) is 0 Å². The van der Waals surface area contributed by atoms with E-state index in [1.807, 2.05) is 4.90 Å². The molecule has 0 radical (unpaired) electrons. The van der Waals surface area contributed by atoms with Gasteiger partial charge in [0.2, 0.25) is 5.91 Å². The largest absolute Gasteiger partial charge is 0.335 e. The molecular formula is C10H19NO. The van der Waals surface area contributed by atoms with Gasteiger partial charge in [-0.2, -0.15) is 0 Å². The standard InChI is InChI=1S/C10H19NO/c1-8-6-5-7-9(12)11(8)10(2,3)4/h8H,5-7H2,1-4H3/t8-/m0/s1. The Morgan fingerprint density at radius 1 is 1.42 bits per heavy atom. The first-order chi connectivity index (χ1) is 5.43. The van der Waals surface area contributed by atoms with Crippen LogP contribution < -0.4 is 0 Å². The summed E-state index contributed by atoms with van der Waals surface area (Å²) in [5.41, 5.74) is -0.00306. The molecule has 2 heteroatoms. The third-order valence-corrected chi connectivity index (χ3v) is 2.44. The predicted molar refractivity (Wildman–Crippen MR) is 49.9 cm³/mol. The summed E-state index contributed by atoms with van der Waals surface area (Å²) in [4.78, 5) is 13.6. The van der Waals surface area contributed by atoms with Crippen molar-refractivity contribution in [2.24, 2.45) is 0 Å². The lowest BCUT2D eigenvalue weighted by molar-refractivity contribution is -0.141. The molecule has 0 N–H and O–H groups in total. The number of piperidine rings is 1. The quantitative estimate of drug-likeness (QED) is 0.544. The van der Waals surface area contributed by atoms with Gasteiger partial charge in [-0.3, -0.25) is 4.79 Å². The number of hydrogen-bond acceptors (Lipinski definition) is 1. The Morgan fingerprint density at radius 2 is 2.00 bits per heavy atom. The van der Waals surface area contributed by atoms with E-state index in [2.05, 4.69) is 27.7 Å². The third-order valence-electron chi connectivity index (χ3n) is 2.44. The maximum Gasteiger partial charge on any atom is 0.223 e. The minimum Gasteiger partial charge on any atom is -0.335 e. The Morgan fingerprint density at radius 3 is 2.33 bits per heavy atom. The van der Waals surface area contributed by atoms with Crippen molar-refractivity contribution in [2.75, 3.05) is 0 Å². The Kier molecular flexibility index (Phi) is 2.45. The topological polar surface area (TPSA) is 20.3 Å². The average molecular weight is 169 g/mol. The fourth-order valence-corrected chi connectivity index (χ4v) is 2.08. The molecular weight excluding hydrogens is 150 g/mol. The second-order valence-corrected chi connectivity index (χ2v) is 4.68. The molecule has 0 unspecified atom stereocenters. The van der Waals surface area contributed by atoms with E-state index in [4.69, 9.17) is 0 Å². The SMILES string of the molecule is C[C@H]1CCCC(=O)N1C(C)(C)C. The van der Waals surface area contributed by atoms with Crippen molar-refractivity contribution in [3.05, 3.63) is 0 Å². The Balaban J connectivity index is 2.77. The van der Waals surface area contributed by atoms with Crippen LogP contribution in [0.25, 0.3) is 0 Å². The maximum absolute atomic E-state index is 11.6. The molecule has 70 valence electrons. The van der Waals surface area contributed by atoms with Crippen molar-refractivity contribution < 1.29 is 4.79 Å². The third kappa shape index (κ3) is 1.79. The highest BCUT2D eigenvalue weighted by molar-refractivity contribution is 5.78. The molecule has 0 bridgehead atoms. The van der Waals surface area contributed by atoms with Gasteiger partial charge in [-0.05, 0) is 40.5 Å². The monoisotopic (exact) mass is 169 g/mol. The molecule has 1 rings (SSSR count). The molecule has 0 aromatic carbocycles. The van der Waals surface area contributed by atoms with Gasteiger partial charge in [0.15, 0.2) is 0 Å². The Bertz CT molecular complexity index is 181. The van der Waals surface area contributed by atoms with Crippen molar-refractivity contribution in [1.82, 2.24) is 4.90 Å². The molecule has 1 aliphatic heterocycles. The van der Waals surface area contributed by atoms with Crippen molar-refractivity contribution in [3.63, 3.8) is 0 Å². The summed E-state index contributed by atoms with van der Waals surface area (Å²) in [6, 6.07) is 0.422. The van der Waals surface area contributed by atoms with Gasteiger partial charge in [-0.1, -0.05) is 0 Å². The van der Waals surface area contributed by atoms with E-state index in [1.54, 1.807) is 0 Å². The van der Waals surface area contributed by atoms with E-state index in [-0.39, 0.29) is 5.54 Å². The van der Waals surface area contributed by atoms with Gasteiger partial charge in [0.05, 0.1) is 0 Å². The van der Waals surface area contributed by atoms with Crippen LogP contribution in [0.3, 0.4) is 0 Å². The molecule has 1 heterocycles. The van der Waals surface area contributed by atoms with Crippen molar-refractivity contribution in [3.8, 4) is 0 Å². The zero-order valence-electron chi connectivity index (χ0n) is 8.55. The molecule has 1 amide bonds. The first-order valence-electron chi connectivity index (χ1n) is 4.75. The highest BCUT2D eigenvalue weighted by atomic mass is 16.2. The van der Waals surface area contributed by atoms with E-state index in [0.29, 0.717) is 11.9 Å². The van der Waals surface area contributed by atoms with Gasteiger partial charge >= 0.3 is 0 Å². The van der Waals surface area contributed by atoms with Gasteiger partial charge < -0.3 is 4.90 Å². The highest BCUT2D eigenvalue weighted by Gasteiger charge is 2.32. The van der Waals surface area contributed by atoms with Crippen molar-refractivity contribution in [1.29, 1.82) is 0 Å². The van der Waals surface area contributed by atoms with E-state index in [0.717, 1.165) is 19.3 Å². The molecule has 1 atom stereocenters. The van der Waals surface area contributed by atoms with Gasteiger partial charge in [0, 0.05) is 18.0 Å². The zero-order valence-corrected chi connectivity index (χ0v) is 8.55. The Labute approximate surface area is 74.9 Å². The van der Waals surface area contributed by atoms with Crippen LogP contribution in [0.1, 0.15) is 47.0 Å².